The van der Waals surface area contributed by atoms with Gasteiger partial charge in [0, 0.05) is 56.6 Å². The maximum Gasteiger partial charge on any atom is 0.317 e. The third-order valence-corrected chi connectivity index (χ3v) is 4.98. The van der Waals surface area contributed by atoms with Gasteiger partial charge in [0.2, 0.25) is 5.91 Å². The highest BCUT2D eigenvalue weighted by molar-refractivity contribution is 5.95. The number of pyridine rings is 1. The lowest BCUT2D eigenvalue weighted by atomic mass is 10.1. The van der Waals surface area contributed by atoms with Crippen LogP contribution in [0.25, 0.3) is 0 Å². The van der Waals surface area contributed by atoms with Crippen molar-refractivity contribution in [2.45, 2.75) is 32.7 Å². The molecular weight excluding hydrogens is 352 g/mol. The molecule has 1 aliphatic heterocycles. The fourth-order valence-corrected chi connectivity index (χ4v) is 3.43. The molecule has 28 heavy (non-hydrogen) atoms. The first-order chi connectivity index (χ1) is 13.7. The summed E-state index contributed by atoms with van der Waals surface area (Å²) in [4.78, 5) is 32.8. The minimum absolute atomic E-state index is 0.0806. The third kappa shape index (κ3) is 5.31. The van der Waals surface area contributed by atoms with Crippen LogP contribution in [0.4, 0.5) is 10.5 Å². The number of para-hydroxylation sites is 1. The number of carbonyl (C=O) groups excluding carboxylic acids is 2. The molecule has 2 aromatic rings. The lowest BCUT2D eigenvalue weighted by Crippen LogP contribution is -2.42. The summed E-state index contributed by atoms with van der Waals surface area (Å²) in [7, 11) is 0. The maximum absolute atomic E-state index is 12.7. The van der Waals surface area contributed by atoms with Crippen LogP contribution >= 0.6 is 0 Å². The van der Waals surface area contributed by atoms with Crippen molar-refractivity contribution in [2.24, 2.45) is 5.92 Å². The average Bonchev–Trinajstić information content (AvgIpc) is 3.11. The highest BCUT2D eigenvalue weighted by Crippen LogP contribution is 2.24. The summed E-state index contributed by atoms with van der Waals surface area (Å²) in [6.45, 7) is 4.50. The maximum atomic E-state index is 12.7. The number of amides is 3. The van der Waals surface area contributed by atoms with Gasteiger partial charge in [-0.2, -0.15) is 0 Å². The molecule has 0 aliphatic carbocycles. The monoisotopic (exact) mass is 380 g/mol. The van der Waals surface area contributed by atoms with E-state index in [4.69, 9.17) is 0 Å². The van der Waals surface area contributed by atoms with E-state index in [2.05, 4.69) is 17.2 Å². The fraction of sp³-hybridized carbons (Fsp3) is 0.409. The van der Waals surface area contributed by atoms with Gasteiger partial charge in [0.15, 0.2) is 0 Å². The molecule has 1 saturated heterocycles. The second-order valence-corrected chi connectivity index (χ2v) is 7.23. The average molecular weight is 380 g/mol. The smallest absolute Gasteiger partial charge is 0.317 e. The molecule has 0 radical (unpaired) electrons. The number of benzene rings is 1. The number of unbranched alkanes of at least 4 members (excludes halogenated alkanes) is 1. The van der Waals surface area contributed by atoms with Gasteiger partial charge in [-0.25, -0.2) is 4.79 Å². The lowest BCUT2D eigenvalue weighted by Gasteiger charge is -2.24. The Morgan fingerprint density at radius 2 is 2.07 bits per heavy atom. The molecule has 0 saturated carbocycles. The predicted octanol–water partition coefficient (Wildman–Crippen LogP) is 3.45. The van der Waals surface area contributed by atoms with Crippen LogP contribution in [0.5, 0.6) is 0 Å². The highest BCUT2D eigenvalue weighted by atomic mass is 16.2. The lowest BCUT2D eigenvalue weighted by molar-refractivity contribution is -0.117. The molecule has 0 spiro atoms. The third-order valence-electron chi connectivity index (χ3n) is 4.98. The zero-order valence-corrected chi connectivity index (χ0v) is 16.4. The molecular formula is C22H28N4O2. The van der Waals surface area contributed by atoms with E-state index in [0.29, 0.717) is 32.6 Å². The summed E-state index contributed by atoms with van der Waals surface area (Å²) in [5, 5.41) is 3.03. The summed E-state index contributed by atoms with van der Waals surface area (Å²) in [5.74, 6) is 0.242. The first-order valence-corrected chi connectivity index (χ1v) is 9.94. The van der Waals surface area contributed by atoms with Crippen molar-refractivity contribution in [3.63, 3.8) is 0 Å². The van der Waals surface area contributed by atoms with Crippen molar-refractivity contribution in [3.05, 3.63) is 60.4 Å². The molecule has 0 unspecified atom stereocenters. The van der Waals surface area contributed by atoms with E-state index in [0.717, 1.165) is 24.1 Å². The Balaban J connectivity index is 1.54. The second kappa shape index (κ2) is 9.88. The number of rotatable bonds is 8. The van der Waals surface area contributed by atoms with E-state index in [1.165, 1.54) is 0 Å². The van der Waals surface area contributed by atoms with Crippen LogP contribution in [0.1, 0.15) is 31.7 Å². The minimum atomic E-state index is -0.0806. The number of hydrogen-bond acceptors (Lipinski definition) is 3. The molecule has 6 heteroatoms. The van der Waals surface area contributed by atoms with Gasteiger partial charge in [-0.1, -0.05) is 37.6 Å². The Bertz CT molecular complexity index is 767. The number of aromatic nitrogens is 1. The zero-order valence-electron chi connectivity index (χ0n) is 16.4. The van der Waals surface area contributed by atoms with Crippen molar-refractivity contribution >= 4 is 17.6 Å². The van der Waals surface area contributed by atoms with Gasteiger partial charge in [-0.05, 0) is 30.2 Å². The van der Waals surface area contributed by atoms with E-state index in [1.807, 2.05) is 47.4 Å². The fourth-order valence-electron chi connectivity index (χ4n) is 3.43. The standard InChI is InChI=1S/C22H28N4O2/c1-2-3-12-25(16-18-8-7-11-23-14-18)22(28)24-15-19-13-21(27)26(17-19)20-9-5-4-6-10-20/h4-11,14,19H,2-3,12-13,15-17H2,1H3,(H,24,28)/t19-/m1/s1. The summed E-state index contributed by atoms with van der Waals surface area (Å²) >= 11 is 0. The number of carbonyl (C=O) groups is 2. The normalized spacial score (nSPS) is 16.2. The van der Waals surface area contributed by atoms with Crippen LogP contribution in [-0.4, -0.2) is 41.5 Å². The predicted molar refractivity (Wildman–Crippen MR) is 110 cm³/mol. The van der Waals surface area contributed by atoms with E-state index < -0.39 is 0 Å². The molecule has 0 bridgehead atoms. The van der Waals surface area contributed by atoms with E-state index in [1.54, 1.807) is 17.3 Å². The van der Waals surface area contributed by atoms with Crippen LogP contribution in [0.3, 0.4) is 0 Å². The first-order valence-electron chi connectivity index (χ1n) is 9.94. The summed E-state index contributed by atoms with van der Waals surface area (Å²) in [5.41, 5.74) is 1.93. The molecule has 1 aromatic carbocycles. The molecule has 1 aliphatic rings. The van der Waals surface area contributed by atoms with Crippen molar-refractivity contribution < 1.29 is 9.59 Å². The Kier molecular flexibility index (Phi) is 7.00. The number of nitrogens with zero attached hydrogens (tertiary/aromatic N) is 3. The zero-order chi connectivity index (χ0) is 19.8. The number of anilines is 1. The van der Waals surface area contributed by atoms with Crippen LogP contribution in [0, 0.1) is 5.92 Å². The Morgan fingerprint density at radius 3 is 2.79 bits per heavy atom. The van der Waals surface area contributed by atoms with Gasteiger partial charge in [-0.3, -0.25) is 9.78 Å². The first kappa shape index (κ1) is 19.9. The van der Waals surface area contributed by atoms with E-state index >= 15 is 0 Å². The summed E-state index contributed by atoms with van der Waals surface area (Å²) in [6, 6.07) is 13.5. The summed E-state index contributed by atoms with van der Waals surface area (Å²) < 4.78 is 0. The Hall–Kier alpha value is -2.89. The summed E-state index contributed by atoms with van der Waals surface area (Å²) in [6.07, 6.45) is 5.97. The quantitative estimate of drug-likeness (QED) is 0.763. The van der Waals surface area contributed by atoms with Crippen LogP contribution < -0.4 is 10.2 Å². The van der Waals surface area contributed by atoms with Gasteiger partial charge in [-0.15, -0.1) is 0 Å². The molecule has 3 rings (SSSR count). The van der Waals surface area contributed by atoms with Gasteiger partial charge in [0.25, 0.3) is 0 Å². The number of urea groups is 1. The SMILES string of the molecule is CCCCN(Cc1cccnc1)C(=O)NC[C@H]1CC(=O)N(c2ccccc2)C1. The molecule has 6 nitrogen and oxygen atoms in total. The van der Waals surface area contributed by atoms with Crippen LogP contribution in [0.2, 0.25) is 0 Å². The molecule has 1 N–H and O–H groups in total. The Morgan fingerprint density at radius 1 is 1.25 bits per heavy atom. The molecule has 3 amide bonds. The molecule has 148 valence electrons. The van der Waals surface area contributed by atoms with E-state index in [-0.39, 0.29) is 17.9 Å². The molecule has 1 aromatic heterocycles. The minimum Gasteiger partial charge on any atom is -0.338 e. The van der Waals surface area contributed by atoms with Crippen LogP contribution in [0.15, 0.2) is 54.9 Å². The van der Waals surface area contributed by atoms with Gasteiger partial charge in [0.1, 0.15) is 0 Å². The van der Waals surface area contributed by atoms with Crippen molar-refractivity contribution in [3.8, 4) is 0 Å². The largest absolute Gasteiger partial charge is 0.338 e. The van der Waals surface area contributed by atoms with Gasteiger partial charge >= 0.3 is 6.03 Å². The van der Waals surface area contributed by atoms with Crippen molar-refractivity contribution in [1.29, 1.82) is 0 Å². The number of nitrogens with one attached hydrogen (secondary N) is 1. The van der Waals surface area contributed by atoms with Crippen LogP contribution in [-0.2, 0) is 11.3 Å². The topological polar surface area (TPSA) is 65.5 Å². The number of hydrogen-bond donors (Lipinski definition) is 1. The van der Waals surface area contributed by atoms with Gasteiger partial charge < -0.3 is 15.1 Å². The molecule has 1 atom stereocenters. The molecule has 2 heterocycles. The molecule has 1 fully saturated rings. The second-order valence-electron chi connectivity index (χ2n) is 7.23. The van der Waals surface area contributed by atoms with Crippen molar-refractivity contribution in [1.82, 2.24) is 15.2 Å². The highest BCUT2D eigenvalue weighted by Gasteiger charge is 2.31. The van der Waals surface area contributed by atoms with Gasteiger partial charge in [0.05, 0.1) is 0 Å². The van der Waals surface area contributed by atoms with Crippen molar-refractivity contribution in [2.75, 3.05) is 24.5 Å². The van der Waals surface area contributed by atoms with E-state index in [9.17, 15) is 9.59 Å². The Labute approximate surface area is 166 Å².